The second kappa shape index (κ2) is 13.1. The van der Waals surface area contributed by atoms with E-state index in [1.54, 1.807) is 55.3 Å². The van der Waals surface area contributed by atoms with Crippen LogP contribution in [-0.2, 0) is 0 Å². The summed E-state index contributed by atoms with van der Waals surface area (Å²) >= 11 is 0. The summed E-state index contributed by atoms with van der Waals surface area (Å²) in [6, 6.07) is 17.8. The summed E-state index contributed by atoms with van der Waals surface area (Å²) in [6.07, 6.45) is -0.514. The summed E-state index contributed by atoms with van der Waals surface area (Å²) in [5.41, 5.74) is 1.66. The van der Waals surface area contributed by atoms with Crippen molar-refractivity contribution in [3.05, 3.63) is 84.2 Å². The van der Waals surface area contributed by atoms with E-state index in [1.165, 1.54) is 35.2 Å². The molecular formula is C30H34FN5O5. The maximum absolute atomic E-state index is 13.6. The van der Waals surface area contributed by atoms with Gasteiger partial charge >= 0.3 is 12.1 Å². The Labute approximate surface area is 238 Å². The molecule has 41 heavy (non-hydrogen) atoms. The van der Waals surface area contributed by atoms with Crippen LogP contribution in [0.2, 0.25) is 0 Å². The number of para-hydroxylation sites is 1. The van der Waals surface area contributed by atoms with Crippen LogP contribution < -0.4 is 20.7 Å². The first-order valence-corrected chi connectivity index (χ1v) is 13.3. The maximum atomic E-state index is 13.6. The molecule has 3 aromatic rings. The maximum Gasteiger partial charge on any atom is 0.323 e. The molecule has 4 N–H and O–H groups in total. The highest BCUT2D eigenvalue weighted by molar-refractivity contribution is 6.02. The zero-order valence-electron chi connectivity index (χ0n) is 23.1. The first-order valence-electron chi connectivity index (χ1n) is 13.3. The number of hydrogen-bond donors (Lipinski definition) is 4. The van der Waals surface area contributed by atoms with Crippen LogP contribution in [0.15, 0.2) is 72.8 Å². The molecule has 0 bridgehead atoms. The Morgan fingerprint density at radius 3 is 2.34 bits per heavy atom. The lowest BCUT2D eigenvalue weighted by molar-refractivity contribution is 0.0371. The molecule has 3 aromatic carbocycles. The first-order chi connectivity index (χ1) is 19.6. The Bertz CT molecular complexity index is 1370. The number of likely N-dealkylation sites (N-methyl/N-ethyl adjacent to an activating group) is 1. The Morgan fingerprint density at radius 2 is 1.66 bits per heavy atom. The topological polar surface area (TPSA) is 123 Å². The van der Waals surface area contributed by atoms with Gasteiger partial charge in [-0.1, -0.05) is 25.1 Å². The standard InChI is InChI=1S/C30H34FN5O5/c1-19-16-36(20(2)18-37)28(38)25-15-24(33-29(39)32-22-7-5-4-6-8-22)13-14-26(25)41-27(19)17-35(3)30(40)34-23-11-9-21(31)10-12-23/h4-15,19-20,27,37H,16-18H2,1-3H3,(H,34,40)(H2,32,33,39)/t19-,20+,27+/m0/s1. The molecule has 1 aliphatic heterocycles. The van der Waals surface area contributed by atoms with Gasteiger partial charge in [-0.25, -0.2) is 14.0 Å². The number of hydrogen-bond acceptors (Lipinski definition) is 5. The molecule has 10 nitrogen and oxygen atoms in total. The van der Waals surface area contributed by atoms with Gasteiger partial charge in [0.05, 0.1) is 24.8 Å². The van der Waals surface area contributed by atoms with Crippen LogP contribution in [0.1, 0.15) is 24.2 Å². The van der Waals surface area contributed by atoms with Gasteiger partial charge in [-0.2, -0.15) is 0 Å². The Kier molecular flexibility index (Phi) is 9.41. The fraction of sp³-hybridized carbons (Fsp3) is 0.300. The van der Waals surface area contributed by atoms with E-state index in [0.29, 0.717) is 22.8 Å². The van der Waals surface area contributed by atoms with Gasteiger partial charge in [0.1, 0.15) is 17.7 Å². The third-order valence-electron chi connectivity index (χ3n) is 6.85. The SMILES string of the molecule is C[C@H](CO)N1C[C@H](C)[C@@H](CN(C)C(=O)Nc2ccc(F)cc2)Oc2ccc(NC(=O)Nc3ccccc3)cc2C1=O. The number of fused-ring (bicyclic) bond motifs is 1. The van der Waals surface area contributed by atoms with E-state index in [1.807, 2.05) is 13.0 Å². The van der Waals surface area contributed by atoms with Crippen molar-refractivity contribution in [2.75, 3.05) is 42.7 Å². The van der Waals surface area contributed by atoms with E-state index in [-0.39, 0.29) is 37.1 Å². The van der Waals surface area contributed by atoms with Crippen LogP contribution >= 0.6 is 0 Å². The van der Waals surface area contributed by atoms with Crippen LogP contribution in [0, 0.1) is 11.7 Å². The Morgan fingerprint density at radius 1 is 1.02 bits per heavy atom. The molecule has 0 aliphatic carbocycles. The monoisotopic (exact) mass is 563 g/mol. The molecule has 216 valence electrons. The quantitative estimate of drug-likeness (QED) is 0.327. The van der Waals surface area contributed by atoms with Gasteiger partial charge in [-0.05, 0) is 61.5 Å². The number of nitrogens with one attached hydrogen (secondary N) is 3. The lowest BCUT2D eigenvalue weighted by atomic mass is 9.99. The molecule has 1 heterocycles. The van der Waals surface area contributed by atoms with Crippen LogP contribution in [0.4, 0.5) is 31.0 Å². The smallest absolute Gasteiger partial charge is 0.323 e. The Hall–Kier alpha value is -4.64. The third kappa shape index (κ3) is 7.52. The number of aliphatic hydroxyl groups excluding tert-OH is 1. The largest absolute Gasteiger partial charge is 0.487 e. The summed E-state index contributed by atoms with van der Waals surface area (Å²) in [6.45, 7) is 3.87. The van der Waals surface area contributed by atoms with Crippen molar-refractivity contribution >= 4 is 35.0 Å². The zero-order valence-corrected chi connectivity index (χ0v) is 23.1. The second-order valence-electron chi connectivity index (χ2n) is 10.1. The van der Waals surface area contributed by atoms with E-state index in [0.717, 1.165) is 0 Å². The van der Waals surface area contributed by atoms with Crippen molar-refractivity contribution in [1.29, 1.82) is 0 Å². The zero-order chi connectivity index (χ0) is 29.5. The normalized spacial score (nSPS) is 17.3. The minimum absolute atomic E-state index is 0.183. The molecule has 0 saturated carbocycles. The highest BCUT2D eigenvalue weighted by Gasteiger charge is 2.34. The molecule has 1 aliphatic rings. The number of amides is 5. The van der Waals surface area contributed by atoms with E-state index >= 15 is 0 Å². The number of aliphatic hydroxyl groups is 1. The van der Waals surface area contributed by atoms with Gasteiger partial charge < -0.3 is 35.6 Å². The minimum atomic E-state index is -0.514. The number of rotatable bonds is 7. The van der Waals surface area contributed by atoms with Gasteiger partial charge in [0.2, 0.25) is 0 Å². The Balaban J connectivity index is 1.54. The third-order valence-corrected chi connectivity index (χ3v) is 6.85. The molecule has 0 saturated heterocycles. The van der Waals surface area contributed by atoms with Gasteiger partial charge in [0.25, 0.3) is 5.91 Å². The van der Waals surface area contributed by atoms with Crippen LogP contribution in [0.25, 0.3) is 0 Å². The number of benzene rings is 3. The fourth-order valence-electron chi connectivity index (χ4n) is 4.44. The predicted molar refractivity (Wildman–Crippen MR) is 155 cm³/mol. The summed E-state index contributed by atoms with van der Waals surface area (Å²) < 4.78 is 19.6. The summed E-state index contributed by atoms with van der Waals surface area (Å²) in [7, 11) is 1.62. The number of nitrogens with zero attached hydrogens (tertiary/aromatic N) is 2. The summed E-state index contributed by atoms with van der Waals surface area (Å²) in [5, 5.41) is 18.1. The molecule has 0 aromatic heterocycles. The minimum Gasteiger partial charge on any atom is -0.487 e. The van der Waals surface area contributed by atoms with Crippen molar-refractivity contribution in [3.8, 4) is 5.75 Å². The molecule has 4 rings (SSSR count). The molecule has 11 heteroatoms. The molecule has 0 unspecified atom stereocenters. The van der Waals surface area contributed by atoms with Crippen molar-refractivity contribution < 1.29 is 28.6 Å². The van der Waals surface area contributed by atoms with Gasteiger partial charge in [0, 0.05) is 36.6 Å². The lowest BCUT2D eigenvalue weighted by Gasteiger charge is -2.38. The first kappa shape index (κ1) is 29.3. The second-order valence-corrected chi connectivity index (χ2v) is 10.1. The summed E-state index contributed by atoms with van der Waals surface area (Å²) in [4.78, 5) is 42.1. The number of carbonyl (C=O) groups is 3. The van der Waals surface area contributed by atoms with Crippen LogP contribution in [0.3, 0.4) is 0 Å². The van der Waals surface area contributed by atoms with E-state index in [4.69, 9.17) is 4.74 Å². The van der Waals surface area contributed by atoms with E-state index in [2.05, 4.69) is 16.0 Å². The molecular weight excluding hydrogens is 529 g/mol. The molecule has 0 spiro atoms. The number of halogens is 1. The average molecular weight is 564 g/mol. The molecule has 0 radical (unpaired) electrons. The number of anilines is 3. The van der Waals surface area contributed by atoms with Crippen LogP contribution in [0.5, 0.6) is 5.75 Å². The van der Waals surface area contributed by atoms with Gasteiger partial charge in [-0.3, -0.25) is 4.79 Å². The number of urea groups is 2. The lowest BCUT2D eigenvalue weighted by Crippen LogP contribution is -2.50. The number of ether oxygens (including phenoxy) is 1. The van der Waals surface area contributed by atoms with Crippen molar-refractivity contribution in [2.24, 2.45) is 5.92 Å². The van der Waals surface area contributed by atoms with Crippen molar-refractivity contribution in [3.63, 3.8) is 0 Å². The fourth-order valence-corrected chi connectivity index (χ4v) is 4.44. The van der Waals surface area contributed by atoms with Crippen molar-refractivity contribution in [2.45, 2.75) is 26.0 Å². The molecule has 5 amide bonds. The van der Waals surface area contributed by atoms with Crippen molar-refractivity contribution in [1.82, 2.24) is 9.80 Å². The highest BCUT2D eigenvalue weighted by atomic mass is 19.1. The average Bonchev–Trinajstić information content (AvgIpc) is 2.96. The summed E-state index contributed by atoms with van der Waals surface area (Å²) in [5.74, 6) is -0.667. The number of carbonyl (C=O) groups excluding carboxylic acids is 3. The predicted octanol–water partition coefficient (Wildman–Crippen LogP) is 4.85. The van der Waals surface area contributed by atoms with Gasteiger partial charge in [0.15, 0.2) is 0 Å². The molecule has 0 fully saturated rings. The molecule has 3 atom stereocenters. The van der Waals surface area contributed by atoms with Gasteiger partial charge in [-0.15, -0.1) is 0 Å². The van der Waals surface area contributed by atoms with Crippen LogP contribution in [-0.4, -0.2) is 71.8 Å². The van der Waals surface area contributed by atoms with E-state index in [9.17, 15) is 23.9 Å². The van der Waals surface area contributed by atoms with E-state index < -0.39 is 30.0 Å². The highest BCUT2D eigenvalue weighted by Crippen LogP contribution is 2.31.